The van der Waals surface area contributed by atoms with Crippen molar-refractivity contribution in [2.45, 2.75) is 39.8 Å². The molecule has 0 spiro atoms. The maximum Gasteiger partial charge on any atom is 0.185 e. The summed E-state index contributed by atoms with van der Waals surface area (Å²) in [5, 5.41) is 4.60. The van der Waals surface area contributed by atoms with Gasteiger partial charge in [-0.2, -0.15) is 0 Å². The first-order valence-electron chi connectivity index (χ1n) is 7.42. The van der Waals surface area contributed by atoms with Gasteiger partial charge in [0.2, 0.25) is 0 Å². The lowest BCUT2D eigenvalue weighted by Crippen LogP contribution is -2.19. The second-order valence-electron chi connectivity index (χ2n) is 5.34. The molecule has 0 aliphatic heterocycles. The molecule has 0 aliphatic carbocycles. The molecule has 0 fully saturated rings. The second kappa shape index (κ2) is 7.52. The van der Waals surface area contributed by atoms with Gasteiger partial charge in [0.1, 0.15) is 0 Å². The van der Waals surface area contributed by atoms with Crippen molar-refractivity contribution >= 4 is 16.5 Å². The molecule has 2 aromatic rings. The van der Waals surface area contributed by atoms with Gasteiger partial charge in [-0.1, -0.05) is 13.0 Å². The van der Waals surface area contributed by atoms with E-state index in [0.29, 0.717) is 6.04 Å². The largest absolute Gasteiger partial charge is 0.347 e. The van der Waals surface area contributed by atoms with Gasteiger partial charge < -0.3 is 10.2 Å². The smallest absolute Gasteiger partial charge is 0.185 e. The predicted molar refractivity (Wildman–Crippen MR) is 89.9 cm³/mol. The molecular weight excluding hydrogens is 280 g/mol. The number of pyridine rings is 1. The van der Waals surface area contributed by atoms with Gasteiger partial charge in [-0.05, 0) is 38.4 Å². The number of hydrogen-bond acceptors (Lipinski definition) is 5. The highest BCUT2D eigenvalue weighted by molar-refractivity contribution is 7.15. The third-order valence-electron chi connectivity index (χ3n) is 3.38. The molecule has 0 radical (unpaired) electrons. The molecule has 0 bridgehead atoms. The number of rotatable bonds is 7. The summed E-state index contributed by atoms with van der Waals surface area (Å²) in [4.78, 5) is 12.4. The summed E-state index contributed by atoms with van der Waals surface area (Å²) in [5.41, 5.74) is 2.33. The van der Waals surface area contributed by atoms with Crippen LogP contribution in [0.15, 0.2) is 24.5 Å². The lowest BCUT2D eigenvalue weighted by atomic mass is 10.2. The highest BCUT2D eigenvalue weighted by Crippen LogP contribution is 2.30. The van der Waals surface area contributed by atoms with Crippen LogP contribution in [0.3, 0.4) is 0 Å². The summed E-state index contributed by atoms with van der Waals surface area (Å²) in [6.45, 7) is 8.36. The van der Waals surface area contributed by atoms with Crippen molar-refractivity contribution in [3.63, 3.8) is 0 Å². The summed E-state index contributed by atoms with van der Waals surface area (Å²) >= 11 is 1.78. The van der Waals surface area contributed by atoms with Crippen LogP contribution in [-0.2, 0) is 6.54 Å². The van der Waals surface area contributed by atoms with Crippen molar-refractivity contribution in [1.82, 2.24) is 15.3 Å². The molecule has 0 aromatic carbocycles. The molecule has 21 heavy (non-hydrogen) atoms. The Balaban J connectivity index is 2.07. The van der Waals surface area contributed by atoms with Gasteiger partial charge >= 0.3 is 0 Å². The first kappa shape index (κ1) is 15.9. The fourth-order valence-corrected chi connectivity index (χ4v) is 3.30. The van der Waals surface area contributed by atoms with Crippen molar-refractivity contribution in [3.05, 3.63) is 40.7 Å². The van der Waals surface area contributed by atoms with E-state index >= 15 is 0 Å². The fraction of sp³-hybridized carbons (Fsp3) is 0.500. The summed E-state index contributed by atoms with van der Waals surface area (Å²) in [7, 11) is 2.08. The molecule has 5 heteroatoms. The number of hydrogen-bond donors (Lipinski definition) is 1. The molecule has 114 valence electrons. The zero-order valence-electron chi connectivity index (χ0n) is 13.3. The first-order valence-corrected chi connectivity index (χ1v) is 8.24. The van der Waals surface area contributed by atoms with Gasteiger partial charge in [0.25, 0.3) is 0 Å². The van der Waals surface area contributed by atoms with E-state index in [2.05, 4.69) is 49.1 Å². The average molecular weight is 304 g/mol. The summed E-state index contributed by atoms with van der Waals surface area (Å²) < 4.78 is 0. The van der Waals surface area contributed by atoms with E-state index in [9.17, 15) is 0 Å². The van der Waals surface area contributed by atoms with Crippen LogP contribution in [0, 0.1) is 6.92 Å². The van der Waals surface area contributed by atoms with Gasteiger partial charge in [0.05, 0.1) is 5.69 Å². The van der Waals surface area contributed by atoms with Gasteiger partial charge in [-0.15, -0.1) is 11.3 Å². The molecule has 0 aliphatic rings. The van der Waals surface area contributed by atoms with Crippen LogP contribution in [0.25, 0.3) is 0 Å². The van der Waals surface area contributed by atoms with Crippen LogP contribution in [0.2, 0.25) is 0 Å². The average Bonchev–Trinajstić information content (AvgIpc) is 2.88. The zero-order chi connectivity index (χ0) is 15.2. The summed E-state index contributed by atoms with van der Waals surface area (Å²) in [6, 6.07) is 4.43. The summed E-state index contributed by atoms with van der Waals surface area (Å²) in [6.07, 6.45) is 4.86. The monoisotopic (exact) mass is 304 g/mol. The van der Waals surface area contributed by atoms with Crippen LogP contribution in [0.4, 0.5) is 5.13 Å². The lowest BCUT2D eigenvalue weighted by Gasteiger charge is -2.15. The van der Waals surface area contributed by atoms with Crippen molar-refractivity contribution in [2.24, 2.45) is 0 Å². The Morgan fingerprint density at radius 3 is 2.90 bits per heavy atom. The molecule has 2 heterocycles. The number of nitrogens with zero attached hydrogens (tertiary/aromatic N) is 3. The third-order valence-corrected chi connectivity index (χ3v) is 4.84. The molecule has 4 nitrogen and oxygen atoms in total. The zero-order valence-corrected chi connectivity index (χ0v) is 14.1. The Labute approximate surface area is 131 Å². The Hall–Kier alpha value is -1.46. The van der Waals surface area contributed by atoms with Gasteiger partial charge in [0, 0.05) is 36.9 Å². The van der Waals surface area contributed by atoms with Crippen LogP contribution >= 0.6 is 11.3 Å². The Kier molecular flexibility index (Phi) is 5.70. The molecule has 2 aromatic heterocycles. The fourth-order valence-electron chi connectivity index (χ4n) is 2.25. The molecule has 0 amide bonds. The Morgan fingerprint density at radius 2 is 2.24 bits per heavy atom. The maximum atomic E-state index is 4.72. The molecular formula is C16H24N4S. The molecule has 0 saturated carbocycles. The molecule has 2 rings (SSSR count). The summed E-state index contributed by atoms with van der Waals surface area (Å²) in [5.74, 6) is 0. The van der Waals surface area contributed by atoms with Crippen LogP contribution in [0.1, 0.15) is 42.4 Å². The van der Waals surface area contributed by atoms with Gasteiger partial charge in [-0.25, -0.2) is 4.98 Å². The SMILES string of the molecule is CCCNC(C)c1sc(N(C)Cc2cccnc2)nc1C. The van der Waals surface area contributed by atoms with Gasteiger partial charge in [0.15, 0.2) is 5.13 Å². The van der Waals surface area contributed by atoms with Crippen LogP contribution in [0.5, 0.6) is 0 Å². The molecule has 1 unspecified atom stereocenters. The minimum Gasteiger partial charge on any atom is -0.347 e. The van der Waals surface area contributed by atoms with Crippen LogP contribution in [-0.4, -0.2) is 23.6 Å². The highest BCUT2D eigenvalue weighted by atomic mass is 32.1. The van der Waals surface area contributed by atoms with Crippen molar-refractivity contribution < 1.29 is 0 Å². The van der Waals surface area contributed by atoms with Gasteiger partial charge in [-0.3, -0.25) is 4.98 Å². The van der Waals surface area contributed by atoms with E-state index in [0.717, 1.165) is 30.3 Å². The minimum atomic E-state index is 0.364. The quantitative estimate of drug-likeness (QED) is 0.849. The van der Waals surface area contributed by atoms with Crippen LogP contribution < -0.4 is 10.2 Å². The maximum absolute atomic E-state index is 4.72. The molecule has 1 atom stereocenters. The Bertz CT molecular complexity index is 553. The standard InChI is InChI=1S/C16H24N4S/c1-5-8-18-12(2)15-13(3)19-16(21-15)20(4)11-14-7-6-9-17-10-14/h6-7,9-10,12,18H,5,8,11H2,1-4H3. The first-order chi connectivity index (χ1) is 10.1. The number of nitrogens with one attached hydrogen (secondary N) is 1. The van der Waals surface area contributed by atoms with E-state index in [1.807, 2.05) is 12.3 Å². The normalized spacial score (nSPS) is 12.4. The molecule has 1 N–H and O–H groups in total. The number of anilines is 1. The second-order valence-corrected chi connectivity index (χ2v) is 6.35. The van der Waals surface area contributed by atoms with E-state index < -0.39 is 0 Å². The minimum absolute atomic E-state index is 0.364. The Morgan fingerprint density at radius 1 is 1.43 bits per heavy atom. The highest BCUT2D eigenvalue weighted by Gasteiger charge is 2.16. The van der Waals surface area contributed by atoms with Crippen molar-refractivity contribution in [3.8, 4) is 0 Å². The lowest BCUT2D eigenvalue weighted by molar-refractivity contribution is 0.575. The van der Waals surface area contributed by atoms with Crippen molar-refractivity contribution in [2.75, 3.05) is 18.5 Å². The van der Waals surface area contributed by atoms with E-state index in [1.165, 1.54) is 10.4 Å². The van der Waals surface area contributed by atoms with Crippen molar-refractivity contribution in [1.29, 1.82) is 0 Å². The topological polar surface area (TPSA) is 41.0 Å². The van der Waals surface area contributed by atoms with E-state index in [1.54, 1.807) is 17.5 Å². The number of thiazole rings is 1. The third kappa shape index (κ3) is 4.25. The number of aryl methyl sites for hydroxylation is 1. The molecule has 0 saturated heterocycles. The predicted octanol–water partition coefficient (Wildman–Crippen LogP) is 3.54. The number of aromatic nitrogens is 2. The van der Waals surface area contributed by atoms with E-state index in [-0.39, 0.29) is 0 Å². The van der Waals surface area contributed by atoms with E-state index in [4.69, 9.17) is 4.98 Å².